The molecule has 0 atom stereocenters. The van der Waals surface area contributed by atoms with Gasteiger partial charge in [-0.15, -0.1) is 0 Å². The molecule has 0 saturated heterocycles. The molecular weight excluding hydrogens is 378 g/mol. The number of esters is 2. The van der Waals surface area contributed by atoms with E-state index in [9.17, 15) is 9.59 Å². The normalized spacial score (nSPS) is 14.3. The number of carbonyl (C=O) groups is 2. The second-order valence-corrected chi connectivity index (χ2v) is 5.86. The van der Waals surface area contributed by atoms with E-state index in [0.29, 0.717) is 33.9 Å². The van der Waals surface area contributed by atoms with Crippen molar-refractivity contribution in [1.29, 1.82) is 0 Å². The van der Waals surface area contributed by atoms with Crippen LogP contribution in [0.3, 0.4) is 0 Å². The van der Waals surface area contributed by atoms with E-state index in [1.807, 2.05) is 0 Å². The first-order valence-corrected chi connectivity index (χ1v) is 8.52. The average molecular weight is 397 g/mol. The summed E-state index contributed by atoms with van der Waals surface area (Å²) in [6, 6.07) is 9.84. The summed E-state index contributed by atoms with van der Waals surface area (Å²) in [4.78, 5) is 28.0. The highest BCUT2D eigenvalue weighted by Gasteiger charge is 2.26. The molecule has 1 heterocycles. The van der Waals surface area contributed by atoms with Crippen LogP contribution in [0.2, 0.25) is 0 Å². The molecule has 0 bridgehead atoms. The van der Waals surface area contributed by atoms with Crippen molar-refractivity contribution in [2.24, 2.45) is 4.99 Å². The zero-order valence-corrected chi connectivity index (χ0v) is 16.3. The van der Waals surface area contributed by atoms with Crippen molar-refractivity contribution in [3.05, 3.63) is 58.8 Å². The molecule has 1 aliphatic heterocycles. The van der Waals surface area contributed by atoms with Gasteiger partial charge >= 0.3 is 11.9 Å². The molecule has 150 valence electrons. The van der Waals surface area contributed by atoms with Crippen LogP contribution in [0.1, 0.15) is 21.5 Å². The van der Waals surface area contributed by atoms with Gasteiger partial charge in [-0.3, -0.25) is 0 Å². The lowest BCUT2D eigenvalue weighted by Crippen LogP contribution is -2.07. The molecule has 1 aliphatic rings. The number of hydrogen-bond donors (Lipinski definition) is 0. The van der Waals surface area contributed by atoms with E-state index >= 15 is 0 Å². The SMILES string of the molecule is COC(=O)c1ccc(/C=C2\N=C(c3cc(OC)c(OC)c(OC)c3)OC2=O)cc1. The first-order chi connectivity index (χ1) is 14.0. The fourth-order valence-corrected chi connectivity index (χ4v) is 2.73. The van der Waals surface area contributed by atoms with E-state index in [-0.39, 0.29) is 11.6 Å². The summed E-state index contributed by atoms with van der Waals surface area (Å²) in [5, 5.41) is 0. The molecule has 3 rings (SSSR count). The van der Waals surface area contributed by atoms with E-state index in [1.54, 1.807) is 42.5 Å². The second kappa shape index (κ2) is 8.47. The lowest BCUT2D eigenvalue weighted by Gasteiger charge is -2.13. The topological polar surface area (TPSA) is 92.7 Å². The maximum absolute atomic E-state index is 12.2. The van der Waals surface area contributed by atoms with Crippen LogP contribution in [0.25, 0.3) is 6.08 Å². The van der Waals surface area contributed by atoms with Gasteiger partial charge in [0.2, 0.25) is 11.6 Å². The smallest absolute Gasteiger partial charge is 0.363 e. The molecule has 0 saturated carbocycles. The first-order valence-electron chi connectivity index (χ1n) is 8.52. The number of cyclic esters (lactones) is 1. The minimum atomic E-state index is -0.592. The van der Waals surface area contributed by atoms with Crippen molar-refractivity contribution in [2.45, 2.75) is 0 Å². The van der Waals surface area contributed by atoms with Crippen LogP contribution in [0.15, 0.2) is 47.1 Å². The van der Waals surface area contributed by atoms with E-state index in [1.165, 1.54) is 28.4 Å². The Balaban J connectivity index is 1.94. The van der Waals surface area contributed by atoms with Gasteiger partial charge in [-0.2, -0.15) is 0 Å². The minimum absolute atomic E-state index is 0.117. The van der Waals surface area contributed by atoms with Gasteiger partial charge in [-0.05, 0) is 35.9 Å². The Morgan fingerprint density at radius 3 is 2.10 bits per heavy atom. The van der Waals surface area contributed by atoms with Crippen LogP contribution in [0.5, 0.6) is 17.2 Å². The molecule has 0 amide bonds. The Kier molecular flexibility index (Phi) is 5.82. The summed E-state index contributed by atoms with van der Waals surface area (Å²) < 4.78 is 25.9. The summed E-state index contributed by atoms with van der Waals surface area (Å²) >= 11 is 0. The third-order valence-electron chi connectivity index (χ3n) is 4.17. The molecule has 8 heteroatoms. The van der Waals surface area contributed by atoms with Crippen LogP contribution in [-0.4, -0.2) is 46.3 Å². The van der Waals surface area contributed by atoms with Gasteiger partial charge in [0.05, 0.1) is 34.0 Å². The van der Waals surface area contributed by atoms with Crippen LogP contribution in [-0.2, 0) is 14.3 Å². The highest BCUT2D eigenvalue weighted by atomic mass is 16.6. The van der Waals surface area contributed by atoms with Crippen LogP contribution in [0, 0.1) is 0 Å². The van der Waals surface area contributed by atoms with Gasteiger partial charge in [0.1, 0.15) is 0 Å². The number of carbonyl (C=O) groups excluding carboxylic acids is 2. The lowest BCUT2D eigenvalue weighted by atomic mass is 10.1. The zero-order valence-electron chi connectivity index (χ0n) is 16.3. The quantitative estimate of drug-likeness (QED) is 0.547. The monoisotopic (exact) mass is 397 g/mol. The summed E-state index contributed by atoms with van der Waals surface area (Å²) in [6.45, 7) is 0. The summed E-state index contributed by atoms with van der Waals surface area (Å²) in [7, 11) is 5.80. The molecule has 29 heavy (non-hydrogen) atoms. The minimum Gasteiger partial charge on any atom is -0.493 e. The van der Waals surface area contributed by atoms with E-state index < -0.39 is 11.9 Å². The van der Waals surface area contributed by atoms with Crippen molar-refractivity contribution in [3.63, 3.8) is 0 Å². The second-order valence-electron chi connectivity index (χ2n) is 5.86. The van der Waals surface area contributed by atoms with Crippen LogP contribution >= 0.6 is 0 Å². The maximum atomic E-state index is 12.2. The molecule has 2 aromatic rings. The predicted molar refractivity (Wildman–Crippen MR) is 104 cm³/mol. The number of aliphatic imine (C=N–C) groups is 1. The molecule has 0 aliphatic carbocycles. The van der Waals surface area contributed by atoms with Crippen molar-refractivity contribution in [2.75, 3.05) is 28.4 Å². The van der Waals surface area contributed by atoms with E-state index in [0.717, 1.165) is 0 Å². The van der Waals surface area contributed by atoms with Crippen molar-refractivity contribution in [1.82, 2.24) is 0 Å². The highest BCUT2D eigenvalue weighted by Crippen LogP contribution is 2.39. The van der Waals surface area contributed by atoms with Gasteiger partial charge in [0, 0.05) is 5.56 Å². The van der Waals surface area contributed by atoms with Crippen LogP contribution < -0.4 is 14.2 Å². The third-order valence-corrected chi connectivity index (χ3v) is 4.17. The molecule has 0 unspecified atom stereocenters. The summed E-state index contributed by atoms with van der Waals surface area (Å²) in [5.74, 6) is 0.336. The number of nitrogens with zero attached hydrogens (tertiary/aromatic N) is 1. The lowest BCUT2D eigenvalue weighted by molar-refractivity contribution is -0.129. The van der Waals surface area contributed by atoms with Crippen molar-refractivity contribution >= 4 is 23.9 Å². The predicted octanol–water partition coefficient (Wildman–Crippen LogP) is 2.84. The van der Waals surface area contributed by atoms with E-state index in [4.69, 9.17) is 18.9 Å². The summed E-state index contributed by atoms with van der Waals surface area (Å²) in [5.41, 5.74) is 1.71. The van der Waals surface area contributed by atoms with Gasteiger partial charge < -0.3 is 23.7 Å². The van der Waals surface area contributed by atoms with Gasteiger partial charge in [0.15, 0.2) is 17.2 Å². The molecule has 0 fully saturated rings. The Labute approximate surface area is 167 Å². The largest absolute Gasteiger partial charge is 0.493 e. The molecule has 0 radical (unpaired) electrons. The standard InChI is InChI=1S/C21H19NO7/c1-25-16-10-14(11-17(26-2)18(16)27-3)19-22-15(21(24)29-19)9-12-5-7-13(8-6-12)20(23)28-4/h5-11H,1-4H3/b15-9-. The molecule has 8 nitrogen and oxygen atoms in total. The number of hydrogen-bond acceptors (Lipinski definition) is 8. The van der Waals surface area contributed by atoms with Crippen LogP contribution in [0.4, 0.5) is 0 Å². The van der Waals surface area contributed by atoms with Gasteiger partial charge in [0.25, 0.3) is 0 Å². The van der Waals surface area contributed by atoms with Crippen molar-refractivity contribution < 1.29 is 33.3 Å². The molecule has 2 aromatic carbocycles. The fourth-order valence-electron chi connectivity index (χ4n) is 2.73. The Morgan fingerprint density at radius 1 is 0.966 bits per heavy atom. The number of ether oxygens (including phenoxy) is 5. The van der Waals surface area contributed by atoms with Crippen molar-refractivity contribution in [3.8, 4) is 17.2 Å². The molecule has 0 spiro atoms. The number of benzene rings is 2. The average Bonchev–Trinajstić information content (AvgIpc) is 3.12. The third kappa shape index (κ3) is 4.06. The molecular formula is C21H19NO7. The molecule has 0 aromatic heterocycles. The molecule has 0 N–H and O–H groups in total. The summed E-state index contributed by atoms with van der Waals surface area (Å²) in [6.07, 6.45) is 1.56. The fraction of sp³-hybridized carbons (Fsp3) is 0.190. The highest BCUT2D eigenvalue weighted by molar-refractivity contribution is 6.13. The number of rotatable bonds is 6. The Morgan fingerprint density at radius 2 is 1.59 bits per heavy atom. The first kappa shape index (κ1) is 19.9. The Bertz CT molecular complexity index is 981. The zero-order chi connectivity index (χ0) is 21.0. The van der Waals surface area contributed by atoms with Gasteiger partial charge in [-0.25, -0.2) is 14.6 Å². The maximum Gasteiger partial charge on any atom is 0.363 e. The van der Waals surface area contributed by atoms with Gasteiger partial charge in [-0.1, -0.05) is 12.1 Å². The Hall–Kier alpha value is -3.81. The van der Waals surface area contributed by atoms with E-state index in [2.05, 4.69) is 9.73 Å². The number of methoxy groups -OCH3 is 4.